The van der Waals surface area contributed by atoms with E-state index in [0.29, 0.717) is 17.2 Å². The third-order valence-electron chi connectivity index (χ3n) is 4.71. The molecule has 154 valence electrons. The maximum Gasteiger partial charge on any atom is 0.203 e. The Labute approximate surface area is 176 Å². The molecule has 0 aliphatic rings. The number of hydrogen-bond donors (Lipinski definition) is 1. The summed E-state index contributed by atoms with van der Waals surface area (Å²) >= 11 is 1.55. The molecule has 0 bridgehead atoms. The molecule has 0 aliphatic carbocycles. The highest BCUT2D eigenvalue weighted by Crippen LogP contribution is 2.41. The molecule has 0 fully saturated rings. The Balaban J connectivity index is 1.80. The molecule has 29 heavy (non-hydrogen) atoms. The summed E-state index contributed by atoms with van der Waals surface area (Å²) in [5, 5.41) is 6.17. The number of thiazole rings is 1. The standard InChI is InChI=1S/C22H27N3O3S/c1-6-25(7-2)17-10-8-15(9-11-17)18-14-29-22(24-18)23-16-12-19(26-3)21(28-5)20(13-16)27-4/h8-14H,6-7H2,1-5H3,(H,23,24). The second kappa shape index (κ2) is 9.52. The zero-order valence-corrected chi connectivity index (χ0v) is 18.3. The van der Waals surface area contributed by atoms with Crippen LogP contribution in [-0.2, 0) is 0 Å². The van der Waals surface area contributed by atoms with Crippen LogP contribution in [0.4, 0.5) is 16.5 Å². The maximum absolute atomic E-state index is 5.41. The van der Waals surface area contributed by atoms with Crippen molar-refractivity contribution in [1.82, 2.24) is 4.98 Å². The van der Waals surface area contributed by atoms with Gasteiger partial charge in [-0.1, -0.05) is 12.1 Å². The SMILES string of the molecule is CCN(CC)c1ccc(-c2csc(Nc3cc(OC)c(OC)c(OC)c3)n2)cc1. The van der Waals surface area contributed by atoms with E-state index in [0.717, 1.165) is 35.2 Å². The molecule has 0 spiro atoms. The summed E-state index contributed by atoms with van der Waals surface area (Å²) in [4.78, 5) is 7.05. The molecule has 1 aromatic heterocycles. The molecule has 0 atom stereocenters. The Morgan fingerprint density at radius 2 is 1.55 bits per heavy atom. The van der Waals surface area contributed by atoms with Gasteiger partial charge in [0.05, 0.1) is 27.0 Å². The van der Waals surface area contributed by atoms with Crippen molar-refractivity contribution in [3.63, 3.8) is 0 Å². The molecule has 7 heteroatoms. The Morgan fingerprint density at radius 3 is 2.07 bits per heavy atom. The molecule has 0 unspecified atom stereocenters. The third kappa shape index (κ3) is 4.56. The fraction of sp³-hybridized carbons (Fsp3) is 0.318. The smallest absolute Gasteiger partial charge is 0.203 e. The number of nitrogens with one attached hydrogen (secondary N) is 1. The highest BCUT2D eigenvalue weighted by Gasteiger charge is 2.14. The van der Waals surface area contributed by atoms with Crippen molar-refractivity contribution >= 4 is 27.8 Å². The number of anilines is 3. The predicted molar refractivity (Wildman–Crippen MR) is 120 cm³/mol. The van der Waals surface area contributed by atoms with Crippen molar-refractivity contribution in [1.29, 1.82) is 0 Å². The molecule has 0 aliphatic heterocycles. The fourth-order valence-electron chi connectivity index (χ4n) is 3.17. The monoisotopic (exact) mass is 413 g/mol. The summed E-state index contributed by atoms with van der Waals surface area (Å²) < 4.78 is 16.2. The molecule has 0 saturated carbocycles. The fourth-order valence-corrected chi connectivity index (χ4v) is 3.91. The lowest BCUT2D eigenvalue weighted by atomic mass is 10.1. The molecule has 1 heterocycles. The topological polar surface area (TPSA) is 55.9 Å². The highest BCUT2D eigenvalue weighted by molar-refractivity contribution is 7.14. The van der Waals surface area contributed by atoms with Crippen molar-refractivity contribution in [3.8, 4) is 28.5 Å². The van der Waals surface area contributed by atoms with Gasteiger partial charge in [-0.25, -0.2) is 4.98 Å². The van der Waals surface area contributed by atoms with Crippen LogP contribution in [0, 0.1) is 0 Å². The van der Waals surface area contributed by atoms with Gasteiger partial charge in [0.1, 0.15) is 0 Å². The Kier molecular flexibility index (Phi) is 6.82. The first kappa shape index (κ1) is 20.8. The number of ether oxygens (including phenoxy) is 3. The minimum Gasteiger partial charge on any atom is -0.493 e. The van der Waals surface area contributed by atoms with Crippen LogP contribution in [0.25, 0.3) is 11.3 Å². The molecule has 0 saturated heterocycles. The van der Waals surface area contributed by atoms with Crippen molar-refractivity contribution < 1.29 is 14.2 Å². The molecule has 0 amide bonds. The van der Waals surface area contributed by atoms with Gasteiger partial charge in [-0.3, -0.25) is 0 Å². The lowest BCUT2D eigenvalue weighted by Gasteiger charge is -2.20. The number of rotatable bonds is 9. The van der Waals surface area contributed by atoms with Gasteiger partial charge in [-0.15, -0.1) is 11.3 Å². The van der Waals surface area contributed by atoms with Gasteiger partial charge in [-0.2, -0.15) is 0 Å². The average Bonchev–Trinajstić information content (AvgIpc) is 3.22. The third-order valence-corrected chi connectivity index (χ3v) is 5.47. The van der Waals surface area contributed by atoms with E-state index in [4.69, 9.17) is 19.2 Å². The summed E-state index contributed by atoms with van der Waals surface area (Å²) in [6.07, 6.45) is 0. The van der Waals surface area contributed by atoms with E-state index in [-0.39, 0.29) is 0 Å². The van der Waals surface area contributed by atoms with Gasteiger partial charge in [0, 0.05) is 47.5 Å². The van der Waals surface area contributed by atoms with Crippen molar-refractivity contribution in [2.45, 2.75) is 13.8 Å². The zero-order chi connectivity index (χ0) is 20.8. The lowest BCUT2D eigenvalue weighted by Crippen LogP contribution is -2.21. The van der Waals surface area contributed by atoms with E-state index in [2.05, 4.69) is 48.3 Å². The molecule has 0 radical (unpaired) electrons. The molecule has 3 aromatic rings. The van der Waals surface area contributed by atoms with Crippen LogP contribution < -0.4 is 24.4 Å². The van der Waals surface area contributed by atoms with Gasteiger partial charge in [-0.05, 0) is 26.0 Å². The van der Waals surface area contributed by atoms with Gasteiger partial charge < -0.3 is 24.4 Å². The van der Waals surface area contributed by atoms with E-state index in [9.17, 15) is 0 Å². The van der Waals surface area contributed by atoms with E-state index in [1.54, 1.807) is 32.7 Å². The first-order chi connectivity index (χ1) is 14.1. The molecule has 1 N–H and O–H groups in total. The molecular formula is C22H27N3O3S. The van der Waals surface area contributed by atoms with Gasteiger partial charge >= 0.3 is 0 Å². The van der Waals surface area contributed by atoms with Crippen molar-refractivity contribution in [2.75, 3.05) is 44.6 Å². The Bertz CT molecular complexity index is 912. The largest absolute Gasteiger partial charge is 0.493 e. The van der Waals surface area contributed by atoms with Crippen LogP contribution in [0.3, 0.4) is 0 Å². The number of benzene rings is 2. The second-order valence-electron chi connectivity index (χ2n) is 6.30. The molecular weight excluding hydrogens is 386 g/mol. The van der Waals surface area contributed by atoms with Crippen LogP contribution in [0.1, 0.15) is 13.8 Å². The van der Waals surface area contributed by atoms with E-state index < -0.39 is 0 Å². The summed E-state index contributed by atoms with van der Waals surface area (Å²) in [5.74, 6) is 1.75. The van der Waals surface area contributed by atoms with Crippen LogP contribution in [0.15, 0.2) is 41.8 Å². The summed E-state index contributed by atoms with van der Waals surface area (Å²) in [5.41, 5.74) is 4.08. The van der Waals surface area contributed by atoms with Gasteiger partial charge in [0.15, 0.2) is 16.6 Å². The molecule has 3 rings (SSSR count). The minimum absolute atomic E-state index is 0.564. The number of methoxy groups -OCH3 is 3. The average molecular weight is 414 g/mol. The Hall–Kier alpha value is -2.93. The maximum atomic E-state index is 5.41. The van der Waals surface area contributed by atoms with Crippen LogP contribution in [-0.4, -0.2) is 39.4 Å². The number of hydrogen-bond acceptors (Lipinski definition) is 7. The minimum atomic E-state index is 0.564. The first-order valence-electron chi connectivity index (χ1n) is 9.51. The molecule has 6 nitrogen and oxygen atoms in total. The number of aromatic nitrogens is 1. The quantitative estimate of drug-likeness (QED) is 0.505. The normalized spacial score (nSPS) is 10.5. The van der Waals surface area contributed by atoms with Gasteiger partial charge in [0.25, 0.3) is 0 Å². The Morgan fingerprint density at radius 1 is 0.931 bits per heavy atom. The van der Waals surface area contributed by atoms with Gasteiger partial charge in [0.2, 0.25) is 5.75 Å². The predicted octanol–water partition coefficient (Wildman–Crippen LogP) is 5.43. The van der Waals surface area contributed by atoms with E-state index in [1.165, 1.54) is 5.69 Å². The van der Waals surface area contributed by atoms with Crippen LogP contribution in [0.5, 0.6) is 17.2 Å². The summed E-state index contributed by atoms with van der Waals surface area (Å²) in [6, 6.07) is 12.3. The zero-order valence-electron chi connectivity index (χ0n) is 17.5. The van der Waals surface area contributed by atoms with Crippen LogP contribution >= 0.6 is 11.3 Å². The van der Waals surface area contributed by atoms with Crippen molar-refractivity contribution in [2.24, 2.45) is 0 Å². The molecule has 2 aromatic carbocycles. The summed E-state index contributed by atoms with van der Waals surface area (Å²) in [6.45, 7) is 6.32. The van der Waals surface area contributed by atoms with Crippen molar-refractivity contribution in [3.05, 3.63) is 41.8 Å². The first-order valence-corrected chi connectivity index (χ1v) is 10.4. The second-order valence-corrected chi connectivity index (χ2v) is 7.15. The highest BCUT2D eigenvalue weighted by atomic mass is 32.1. The van der Waals surface area contributed by atoms with Crippen LogP contribution in [0.2, 0.25) is 0 Å². The summed E-state index contributed by atoms with van der Waals surface area (Å²) in [7, 11) is 4.79. The van der Waals surface area contributed by atoms with E-state index >= 15 is 0 Å². The van der Waals surface area contributed by atoms with E-state index in [1.807, 2.05) is 17.5 Å². The lowest BCUT2D eigenvalue weighted by molar-refractivity contribution is 0.324. The number of nitrogens with zero attached hydrogens (tertiary/aromatic N) is 2.